The monoisotopic (exact) mass is 681 g/mol. The van der Waals surface area contributed by atoms with Gasteiger partial charge in [0, 0.05) is 103 Å². The summed E-state index contributed by atoms with van der Waals surface area (Å²) in [4.78, 5) is 47.6. The van der Waals surface area contributed by atoms with Crippen LogP contribution in [0.25, 0.3) is 22.3 Å². The molecule has 2 aromatic heterocycles. The van der Waals surface area contributed by atoms with E-state index >= 15 is 0 Å². The van der Waals surface area contributed by atoms with E-state index in [1.165, 1.54) is 0 Å². The third-order valence-electron chi connectivity index (χ3n) is 12.3. The maximum absolute atomic E-state index is 14.5. The van der Waals surface area contributed by atoms with Crippen LogP contribution in [-0.4, -0.2) is 94.4 Å². The number of piperidine rings is 1. The molecule has 4 atom stereocenters. The number of carbonyl (C=O) groups is 3. The fourth-order valence-electron chi connectivity index (χ4n) is 9.05. The van der Waals surface area contributed by atoms with Gasteiger partial charge < -0.3 is 14.8 Å². The highest BCUT2D eigenvalue weighted by Gasteiger charge is 2.78. The zero-order valence-electron chi connectivity index (χ0n) is 28.1. The van der Waals surface area contributed by atoms with Crippen LogP contribution in [0.2, 0.25) is 0 Å². The Hall–Kier alpha value is -4.58. The van der Waals surface area contributed by atoms with Crippen molar-refractivity contribution in [3.8, 4) is 11.4 Å². The maximum Gasteiger partial charge on any atom is 0.258 e. The quantitative estimate of drug-likeness (QED) is 0.254. The third kappa shape index (κ3) is 5.13. The number of carbonyl (C=O) groups excluding carboxylic acids is 3. The summed E-state index contributed by atoms with van der Waals surface area (Å²) in [6.45, 7) is 7.66. The number of H-pyrrole nitrogens is 2. The SMILES string of the molecule is C[C@@]12Cc3[nH]nc(-c4cc5cc(C(=O)N6CCN(C[C@@H]7CCN(c8ccc(C9CCC(=O)NC9=O)cc8)C7)CC6)ccc5[nH]4)c3C[C@@H]1C2(F)F. The minimum Gasteiger partial charge on any atom is -0.371 e. The minimum absolute atomic E-state index is 0.0227. The Kier molecular flexibility index (Phi) is 7.21. The topological polar surface area (TPSA) is 117 Å². The van der Waals surface area contributed by atoms with E-state index in [4.69, 9.17) is 0 Å². The number of aromatic nitrogens is 3. The number of imide groups is 1. The average molecular weight is 682 g/mol. The Balaban J connectivity index is 0.787. The summed E-state index contributed by atoms with van der Waals surface area (Å²) in [6.07, 6.45) is 2.67. The molecule has 2 aromatic carbocycles. The Morgan fingerprint density at radius 1 is 1.00 bits per heavy atom. The molecule has 3 aliphatic heterocycles. The summed E-state index contributed by atoms with van der Waals surface area (Å²) < 4.78 is 28.9. The van der Waals surface area contributed by atoms with E-state index in [0.29, 0.717) is 55.9 Å². The number of rotatable bonds is 6. The van der Waals surface area contributed by atoms with Crippen molar-refractivity contribution in [2.45, 2.75) is 50.9 Å². The molecule has 4 aromatic rings. The van der Waals surface area contributed by atoms with E-state index in [2.05, 4.69) is 42.4 Å². The van der Waals surface area contributed by atoms with E-state index in [1.807, 2.05) is 41.3 Å². The molecular formula is C38H41F2N7O3. The second-order valence-electron chi connectivity index (χ2n) is 15.3. The number of anilines is 1. The van der Waals surface area contributed by atoms with Gasteiger partial charge in [0.15, 0.2) is 0 Å². The number of hydrogen-bond acceptors (Lipinski definition) is 6. The Labute approximate surface area is 288 Å². The standard InChI is InChI=1S/C38H41F2N7O3/c1-37-19-31-28(18-32(37)38(37,39)40)34(44-43-31)30-17-25-16-24(4-8-29(25)41-30)36(50)46-14-12-45(13-15-46)20-22-10-11-47(21-22)26-5-2-23(3-6-26)27-7-9-33(48)42-35(27)49/h2-6,8,16-17,22,27,32,41H,7,9-15,18-21H2,1H3,(H,43,44)(H,42,48,49)/t22-,27?,32-,37+/m0/s1. The van der Waals surface area contributed by atoms with Gasteiger partial charge in [-0.25, -0.2) is 8.78 Å². The number of fused-ring (bicyclic) bond motifs is 3. The van der Waals surface area contributed by atoms with Crippen molar-refractivity contribution >= 4 is 34.3 Å². The highest BCUT2D eigenvalue weighted by atomic mass is 19.3. The summed E-state index contributed by atoms with van der Waals surface area (Å²) >= 11 is 0. The van der Waals surface area contributed by atoms with Crippen molar-refractivity contribution < 1.29 is 23.2 Å². The molecule has 260 valence electrons. The van der Waals surface area contributed by atoms with Crippen molar-refractivity contribution in [3.63, 3.8) is 0 Å². The fourth-order valence-corrected chi connectivity index (χ4v) is 9.05. The Morgan fingerprint density at radius 3 is 2.58 bits per heavy atom. The Morgan fingerprint density at radius 2 is 1.80 bits per heavy atom. The van der Waals surface area contributed by atoms with E-state index in [1.54, 1.807) is 6.92 Å². The average Bonchev–Trinajstić information content (AvgIpc) is 3.70. The first kappa shape index (κ1) is 31.4. The van der Waals surface area contributed by atoms with Gasteiger partial charge in [-0.15, -0.1) is 0 Å². The molecule has 0 spiro atoms. The molecule has 50 heavy (non-hydrogen) atoms. The number of piperazine rings is 1. The molecule has 3 N–H and O–H groups in total. The lowest BCUT2D eigenvalue weighted by Gasteiger charge is -2.36. The highest BCUT2D eigenvalue weighted by molar-refractivity contribution is 6.01. The van der Waals surface area contributed by atoms with Crippen molar-refractivity contribution in [2.75, 3.05) is 50.7 Å². The molecule has 0 bridgehead atoms. The van der Waals surface area contributed by atoms with Crippen LogP contribution in [0.5, 0.6) is 0 Å². The summed E-state index contributed by atoms with van der Waals surface area (Å²) in [6, 6.07) is 15.9. The number of halogens is 2. The van der Waals surface area contributed by atoms with Crippen molar-refractivity contribution in [1.29, 1.82) is 0 Å². The van der Waals surface area contributed by atoms with Crippen LogP contribution in [0.4, 0.5) is 14.5 Å². The number of alkyl halides is 2. The smallest absolute Gasteiger partial charge is 0.258 e. The lowest BCUT2D eigenvalue weighted by molar-refractivity contribution is -0.134. The summed E-state index contributed by atoms with van der Waals surface area (Å²) in [7, 11) is 0. The molecule has 12 heteroatoms. The van der Waals surface area contributed by atoms with Gasteiger partial charge in [-0.05, 0) is 67.1 Å². The van der Waals surface area contributed by atoms with Crippen LogP contribution in [0.15, 0.2) is 48.5 Å². The highest BCUT2D eigenvalue weighted by Crippen LogP contribution is 2.70. The van der Waals surface area contributed by atoms with E-state index in [0.717, 1.165) is 78.2 Å². The van der Waals surface area contributed by atoms with Gasteiger partial charge in [-0.2, -0.15) is 5.10 Å². The van der Waals surface area contributed by atoms with Crippen LogP contribution in [0.3, 0.4) is 0 Å². The molecule has 4 fully saturated rings. The number of benzene rings is 2. The summed E-state index contributed by atoms with van der Waals surface area (Å²) in [5.41, 5.74) is 5.80. The van der Waals surface area contributed by atoms with E-state index < -0.39 is 17.3 Å². The van der Waals surface area contributed by atoms with Gasteiger partial charge in [-0.1, -0.05) is 19.1 Å². The maximum atomic E-state index is 14.5. The van der Waals surface area contributed by atoms with E-state index in [-0.39, 0.29) is 23.6 Å². The van der Waals surface area contributed by atoms with Gasteiger partial charge >= 0.3 is 0 Å². The van der Waals surface area contributed by atoms with Gasteiger partial charge in [0.25, 0.3) is 11.8 Å². The number of nitrogens with one attached hydrogen (secondary N) is 3. The van der Waals surface area contributed by atoms with Gasteiger partial charge in [0.05, 0.1) is 11.6 Å². The molecular weight excluding hydrogens is 640 g/mol. The van der Waals surface area contributed by atoms with Crippen LogP contribution in [0, 0.1) is 17.3 Å². The summed E-state index contributed by atoms with van der Waals surface area (Å²) in [5, 5.41) is 10.9. The molecule has 5 aliphatic rings. The molecule has 3 amide bonds. The number of aromatic amines is 2. The first-order valence-electron chi connectivity index (χ1n) is 17.8. The molecule has 1 saturated carbocycles. The lowest BCUT2D eigenvalue weighted by atomic mass is 9.87. The molecule has 0 radical (unpaired) electrons. The van der Waals surface area contributed by atoms with Crippen LogP contribution in [0.1, 0.15) is 59.3 Å². The largest absolute Gasteiger partial charge is 0.371 e. The molecule has 3 saturated heterocycles. The molecule has 5 heterocycles. The fraction of sp³-hybridized carbons (Fsp3) is 0.474. The van der Waals surface area contributed by atoms with Gasteiger partial charge in [-0.3, -0.25) is 29.7 Å². The van der Waals surface area contributed by atoms with Crippen molar-refractivity contribution in [3.05, 3.63) is 70.9 Å². The van der Waals surface area contributed by atoms with Crippen LogP contribution < -0.4 is 10.2 Å². The first-order chi connectivity index (χ1) is 24.1. The van der Waals surface area contributed by atoms with Crippen LogP contribution >= 0.6 is 0 Å². The van der Waals surface area contributed by atoms with Crippen molar-refractivity contribution in [1.82, 2.24) is 30.3 Å². The van der Waals surface area contributed by atoms with Gasteiger partial charge in [0.1, 0.15) is 5.69 Å². The van der Waals surface area contributed by atoms with Gasteiger partial charge in [0.2, 0.25) is 11.8 Å². The summed E-state index contributed by atoms with van der Waals surface area (Å²) in [5.74, 6) is -3.38. The zero-order valence-corrected chi connectivity index (χ0v) is 28.1. The number of amides is 3. The first-order valence-corrected chi connectivity index (χ1v) is 17.8. The molecule has 2 aliphatic carbocycles. The molecule has 10 nitrogen and oxygen atoms in total. The number of nitrogens with zero attached hydrogens (tertiary/aromatic N) is 4. The molecule has 9 rings (SSSR count). The minimum atomic E-state index is -2.64. The third-order valence-corrected chi connectivity index (χ3v) is 12.3. The Bertz CT molecular complexity index is 2010. The predicted octanol–water partition coefficient (Wildman–Crippen LogP) is 4.73. The molecule has 1 unspecified atom stereocenters. The predicted molar refractivity (Wildman–Crippen MR) is 184 cm³/mol. The zero-order chi connectivity index (χ0) is 34.4. The second kappa shape index (κ2) is 11.5. The van der Waals surface area contributed by atoms with Crippen LogP contribution in [-0.2, 0) is 22.4 Å². The second-order valence-corrected chi connectivity index (χ2v) is 15.3. The van der Waals surface area contributed by atoms with Crippen molar-refractivity contribution in [2.24, 2.45) is 17.3 Å². The van der Waals surface area contributed by atoms with E-state index in [9.17, 15) is 23.2 Å². The number of hydrogen-bond donors (Lipinski definition) is 3. The lowest BCUT2D eigenvalue weighted by Crippen LogP contribution is -2.49. The normalized spacial score (nSPS) is 27.7.